The minimum atomic E-state index is -4.52. The van der Waals surface area contributed by atoms with Crippen molar-refractivity contribution in [3.05, 3.63) is 111 Å². The van der Waals surface area contributed by atoms with Crippen LogP contribution in [0.2, 0.25) is 10.0 Å². The monoisotopic (exact) mass is 602 g/mol. The summed E-state index contributed by atoms with van der Waals surface area (Å²) in [6.45, 7) is 2.23. The Morgan fingerprint density at radius 3 is 2.24 bits per heavy atom. The fraction of sp³-hybridized carbons (Fsp3) is 0.194. The fourth-order valence-corrected chi connectivity index (χ4v) is 4.93. The molecule has 5 nitrogen and oxygen atoms in total. The number of alkyl halides is 3. The van der Waals surface area contributed by atoms with Crippen LogP contribution in [0.1, 0.15) is 34.9 Å². The first-order valence-corrected chi connectivity index (χ1v) is 13.4. The molecule has 0 bridgehead atoms. The number of halogens is 5. The van der Waals surface area contributed by atoms with Crippen LogP contribution in [0.4, 0.5) is 18.9 Å². The predicted molar refractivity (Wildman–Crippen MR) is 156 cm³/mol. The number of hydrogen-bond donors (Lipinski definition) is 4. The highest BCUT2D eigenvalue weighted by Crippen LogP contribution is 2.36. The molecule has 4 aromatic carbocycles. The molecular weight excluding hydrogens is 576 g/mol. The van der Waals surface area contributed by atoms with Crippen LogP contribution in [0.3, 0.4) is 0 Å². The Morgan fingerprint density at radius 1 is 0.902 bits per heavy atom. The number of hydrogen-bond acceptors (Lipinski definition) is 4. The maximum absolute atomic E-state index is 13.6. The van der Waals surface area contributed by atoms with Crippen LogP contribution >= 0.6 is 23.2 Å². The highest BCUT2D eigenvalue weighted by molar-refractivity contribution is 6.34. The number of aliphatic carboxylic acids is 1. The maximum atomic E-state index is 13.6. The van der Waals surface area contributed by atoms with E-state index in [2.05, 4.69) is 10.6 Å². The summed E-state index contributed by atoms with van der Waals surface area (Å²) in [5.74, 6) is -0.999. The zero-order valence-corrected chi connectivity index (χ0v) is 23.4. The summed E-state index contributed by atoms with van der Waals surface area (Å²) in [6, 6.07) is 21.1. The first-order chi connectivity index (χ1) is 19.4. The molecule has 0 aromatic heterocycles. The Bertz CT molecular complexity index is 1540. The van der Waals surface area contributed by atoms with Crippen LogP contribution in [0, 0.1) is 6.92 Å². The fourth-order valence-electron chi connectivity index (χ4n) is 4.42. The maximum Gasteiger partial charge on any atom is 0.416 e. The molecule has 1 atom stereocenters. The largest absolute Gasteiger partial charge is 0.481 e. The van der Waals surface area contributed by atoms with Crippen molar-refractivity contribution in [2.24, 2.45) is 0 Å². The third kappa shape index (κ3) is 7.80. The number of aliphatic hydroxyl groups is 1. The molecular formula is C31H27Cl2F3N2O3. The molecule has 1 unspecified atom stereocenters. The van der Waals surface area contributed by atoms with Gasteiger partial charge in [0.15, 0.2) is 0 Å². The zero-order valence-electron chi connectivity index (χ0n) is 21.9. The third-order valence-electron chi connectivity index (χ3n) is 6.58. The van der Waals surface area contributed by atoms with E-state index in [9.17, 15) is 23.1 Å². The van der Waals surface area contributed by atoms with Gasteiger partial charge in [-0.05, 0) is 76.7 Å². The topological polar surface area (TPSA) is 81.6 Å². The van der Waals surface area contributed by atoms with E-state index in [1.54, 1.807) is 36.4 Å². The second kappa shape index (κ2) is 13.0. The molecule has 0 fully saturated rings. The molecule has 4 N–H and O–H groups in total. The van der Waals surface area contributed by atoms with Gasteiger partial charge in [-0.25, -0.2) is 0 Å². The number of nitrogens with one attached hydrogen (secondary N) is 2. The number of anilines is 1. The molecule has 41 heavy (non-hydrogen) atoms. The van der Waals surface area contributed by atoms with Crippen LogP contribution in [-0.4, -0.2) is 22.7 Å². The summed E-state index contributed by atoms with van der Waals surface area (Å²) in [7, 11) is 0. The lowest BCUT2D eigenvalue weighted by atomic mass is 9.95. The van der Waals surface area contributed by atoms with Crippen molar-refractivity contribution in [2.75, 3.05) is 11.9 Å². The Balaban J connectivity index is 1.56. The number of carboxylic acids is 1. The van der Waals surface area contributed by atoms with Crippen LogP contribution in [-0.2, 0) is 17.5 Å². The standard InChI is InChI=1S/C31H27Cl2F3N2O3/c1-18-14-23(32)8-10-25(18)26-11-9-24(16-28(26)33)38-17-21-6-7-22(31(34,35)36)15-27(21)19-2-4-20(5-3-19)30(41)37-13-12-29(39)40/h2-11,14-16,30,37-38,41H,12-13,17H2,1H3,(H,39,40). The molecule has 0 radical (unpaired) electrons. The van der Waals surface area contributed by atoms with Gasteiger partial charge in [-0.2, -0.15) is 13.2 Å². The molecule has 0 heterocycles. The highest BCUT2D eigenvalue weighted by Gasteiger charge is 2.31. The lowest BCUT2D eigenvalue weighted by Crippen LogP contribution is -2.23. The quantitative estimate of drug-likeness (QED) is 0.137. The molecule has 214 valence electrons. The molecule has 0 amide bonds. The predicted octanol–water partition coefficient (Wildman–Crippen LogP) is 8.32. The average Bonchev–Trinajstić information content (AvgIpc) is 2.91. The lowest BCUT2D eigenvalue weighted by molar-refractivity contribution is -0.138. The molecule has 4 rings (SSSR count). The molecule has 0 aliphatic rings. The number of carboxylic acid groups (broad SMARTS) is 1. The van der Waals surface area contributed by atoms with E-state index in [1.807, 2.05) is 31.2 Å². The van der Waals surface area contributed by atoms with Crippen LogP contribution in [0.25, 0.3) is 22.3 Å². The number of aryl methyl sites for hydroxylation is 1. The van der Waals surface area contributed by atoms with Gasteiger partial charge >= 0.3 is 12.1 Å². The van der Waals surface area contributed by atoms with Crippen LogP contribution < -0.4 is 10.6 Å². The minimum absolute atomic E-state index is 0.0615. The second-order valence-electron chi connectivity index (χ2n) is 9.50. The summed E-state index contributed by atoms with van der Waals surface area (Å²) in [5, 5.41) is 26.1. The van der Waals surface area contributed by atoms with Crippen molar-refractivity contribution >= 4 is 34.9 Å². The molecule has 0 spiro atoms. The van der Waals surface area contributed by atoms with Crippen molar-refractivity contribution in [1.29, 1.82) is 0 Å². The van der Waals surface area contributed by atoms with E-state index >= 15 is 0 Å². The third-order valence-corrected chi connectivity index (χ3v) is 7.13. The first-order valence-electron chi connectivity index (χ1n) is 12.7. The van der Waals surface area contributed by atoms with Crippen molar-refractivity contribution in [3.63, 3.8) is 0 Å². The zero-order chi connectivity index (χ0) is 29.7. The van der Waals surface area contributed by atoms with Gasteiger partial charge in [-0.3, -0.25) is 10.1 Å². The van der Waals surface area contributed by atoms with E-state index in [-0.39, 0.29) is 19.5 Å². The number of aliphatic hydroxyl groups excluding tert-OH is 1. The van der Waals surface area contributed by atoms with Crippen molar-refractivity contribution in [3.8, 4) is 22.3 Å². The Morgan fingerprint density at radius 2 is 1.61 bits per heavy atom. The van der Waals surface area contributed by atoms with E-state index in [0.717, 1.165) is 28.8 Å². The SMILES string of the molecule is Cc1cc(Cl)ccc1-c1ccc(NCc2ccc(C(F)(F)F)cc2-c2ccc(C(O)NCCC(=O)O)cc2)cc1Cl. The van der Waals surface area contributed by atoms with Crippen LogP contribution in [0.15, 0.2) is 78.9 Å². The van der Waals surface area contributed by atoms with E-state index < -0.39 is 23.9 Å². The summed E-state index contributed by atoms with van der Waals surface area (Å²) in [6.07, 6.45) is -5.80. The summed E-state index contributed by atoms with van der Waals surface area (Å²) in [4.78, 5) is 10.7. The van der Waals surface area contributed by atoms with E-state index in [4.69, 9.17) is 28.3 Å². The van der Waals surface area contributed by atoms with Gasteiger partial charge in [-0.1, -0.05) is 65.7 Å². The minimum Gasteiger partial charge on any atom is -0.481 e. The number of benzene rings is 4. The Kier molecular flexibility index (Phi) is 9.60. The molecule has 4 aromatic rings. The Hall–Kier alpha value is -3.56. The molecule has 10 heteroatoms. The summed E-state index contributed by atoms with van der Waals surface area (Å²) in [5.41, 5.74) is 4.67. The normalized spacial score (nSPS) is 12.3. The van der Waals surface area contributed by atoms with Gasteiger partial charge in [0.05, 0.1) is 17.0 Å². The highest BCUT2D eigenvalue weighted by atomic mass is 35.5. The van der Waals surface area contributed by atoms with Gasteiger partial charge in [0.2, 0.25) is 0 Å². The molecule has 0 aliphatic heterocycles. The van der Waals surface area contributed by atoms with Crippen molar-refractivity contribution in [1.82, 2.24) is 5.32 Å². The second-order valence-corrected chi connectivity index (χ2v) is 10.3. The van der Waals surface area contributed by atoms with Crippen molar-refractivity contribution in [2.45, 2.75) is 32.3 Å². The Labute approximate surface area is 245 Å². The average molecular weight is 603 g/mol. The van der Waals surface area contributed by atoms with Crippen LogP contribution in [0.5, 0.6) is 0 Å². The van der Waals surface area contributed by atoms with Gasteiger partial charge in [0, 0.05) is 29.4 Å². The molecule has 0 saturated carbocycles. The van der Waals surface area contributed by atoms with Gasteiger partial charge in [0.1, 0.15) is 6.23 Å². The number of carbonyl (C=O) groups is 1. The van der Waals surface area contributed by atoms with Gasteiger partial charge < -0.3 is 15.5 Å². The van der Waals surface area contributed by atoms with E-state index in [0.29, 0.717) is 38.0 Å². The first kappa shape index (κ1) is 30.4. The van der Waals surface area contributed by atoms with Gasteiger partial charge in [0.25, 0.3) is 0 Å². The lowest BCUT2D eigenvalue weighted by Gasteiger charge is -2.17. The molecule has 0 aliphatic carbocycles. The molecule has 0 saturated heterocycles. The summed E-state index contributed by atoms with van der Waals surface area (Å²) < 4.78 is 40.7. The summed E-state index contributed by atoms with van der Waals surface area (Å²) >= 11 is 12.7. The van der Waals surface area contributed by atoms with E-state index in [1.165, 1.54) is 6.07 Å². The smallest absolute Gasteiger partial charge is 0.416 e. The number of rotatable bonds is 10. The van der Waals surface area contributed by atoms with Gasteiger partial charge in [-0.15, -0.1) is 0 Å². The van der Waals surface area contributed by atoms with Crippen molar-refractivity contribution < 1.29 is 28.2 Å².